The molecule has 0 aliphatic rings. The molecule has 2 rings (SSSR count). The lowest BCUT2D eigenvalue weighted by Crippen LogP contribution is -2.32. The van der Waals surface area contributed by atoms with E-state index in [2.05, 4.69) is 24.1 Å². The van der Waals surface area contributed by atoms with Crippen LogP contribution in [0.3, 0.4) is 0 Å². The van der Waals surface area contributed by atoms with E-state index < -0.39 is 0 Å². The summed E-state index contributed by atoms with van der Waals surface area (Å²) in [7, 11) is 1.57. The van der Waals surface area contributed by atoms with Crippen LogP contribution in [0.4, 0.5) is 11.5 Å². The Morgan fingerprint density at radius 2 is 1.92 bits per heavy atom. The van der Waals surface area contributed by atoms with Crippen molar-refractivity contribution >= 4 is 29.0 Å². The van der Waals surface area contributed by atoms with E-state index in [1.54, 1.807) is 37.6 Å². The molecule has 6 heteroatoms. The highest BCUT2D eigenvalue weighted by Crippen LogP contribution is 2.28. The number of anilines is 2. The van der Waals surface area contributed by atoms with E-state index in [9.17, 15) is 4.79 Å². The van der Waals surface area contributed by atoms with Gasteiger partial charge in [-0.3, -0.25) is 4.79 Å². The van der Waals surface area contributed by atoms with Crippen LogP contribution in [0.25, 0.3) is 0 Å². The second-order valence-corrected chi connectivity index (χ2v) is 6.10. The molecule has 0 saturated heterocycles. The number of rotatable bonds is 8. The number of amides is 1. The molecule has 2 aromatic rings. The number of nitrogens with one attached hydrogen (secondary N) is 1. The Balaban J connectivity index is 2.17. The van der Waals surface area contributed by atoms with Gasteiger partial charge in [0.15, 0.2) is 0 Å². The molecular weight excluding hydrogens is 338 g/mol. The van der Waals surface area contributed by atoms with Crippen LogP contribution in [-0.4, -0.2) is 36.0 Å². The number of nitrogens with zero attached hydrogens (tertiary/aromatic N) is 2. The predicted octanol–water partition coefficient (Wildman–Crippen LogP) is 4.75. The van der Waals surface area contributed by atoms with Gasteiger partial charge in [-0.15, -0.1) is 0 Å². The Hall–Kier alpha value is -2.27. The normalized spacial score (nSPS) is 10.4. The molecule has 0 bridgehead atoms. The van der Waals surface area contributed by atoms with E-state index in [1.807, 2.05) is 11.0 Å². The molecule has 134 valence electrons. The molecule has 1 heterocycles. The van der Waals surface area contributed by atoms with Gasteiger partial charge in [0.25, 0.3) is 5.91 Å². The van der Waals surface area contributed by atoms with Crippen LogP contribution >= 0.6 is 11.6 Å². The zero-order valence-corrected chi connectivity index (χ0v) is 15.6. The maximum absolute atomic E-state index is 12.7. The Morgan fingerprint density at radius 1 is 1.20 bits per heavy atom. The lowest BCUT2D eigenvalue weighted by molar-refractivity contribution is 0.0755. The summed E-state index contributed by atoms with van der Waals surface area (Å²) in [5, 5.41) is 3.68. The molecule has 0 unspecified atom stereocenters. The summed E-state index contributed by atoms with van der Waals surface area (Å²) in [6, 6.07) is 8.90. The van der Waals surface area contributed by atoms with Gasteiger partial charge in [0, 0.05) is 30.5 Å². The minimum atomic E-state index is 0.0295. The van der Waals surface area contributed by atoms with Crippen molar-refractivity contribution in [3.05, 3.63) is 47.1 Å². The van der Waals surface area contributed by atoms with Gasteiger partial charge in [-0.1, -0.05) is 25.4 Å². The topological polar surface area (TPSA) is 54.5 Å². The number of hydrogen-bond acceptors (Lipinski definition) is 4. The molecule has 1 N–H and O–H groups in total. The molecule has 5 nitrogen and oxygen atoms in total. The fourth-order valence-electron chi connectivity index (χ4n) is 2.56. The second kappa shape index (κ2) is 9.28. The average molecular weight is 362 g/mol. The van der Waals surface area contributed by atoms with Crippen molar-refractivity contribution in [2.75, 3.05) is 25.5 Å². The first-order chi connectivity index (χ1) is 12.1. The van der Waals surface area contributed by atoms with Gasteiger partial charge in [0.1, 0.15) is 11.6 Å². The van der Waals surface area contributed by atoms with Gasteiger partial charge in [0.2, 0.25) is 0 Å². The summed E-state index contributed by atoms with van der Waals surface area (Å²) in [5.41, 5.74) is 1.40. The summed E-state index contributed by atoms with van der Waals surface area (Å²) < 4.78 is 5.15. The van der Waals surface area contributed by atoms with Crippen molar-refractivity contribution in [3.63, 3.8) is 0 Å². The van der Waals surface area contributed by atoms with Gasteiger partial charge in [0.05, 0.1) is 12.1 Å². The van der Waals surface area contributed by atoms with Crippen LogP contribution in [0, 0.1) is 0 Å². The molecule has 0 saturated carbocycles. The smallest absolute Gasteiger partial charge is 0.254 e. The number of ether oxygens (including phenoxy) is 1. The standard InChI is InChI=1S/C19H24ClN3O2/c1-4-10-23(11-5-2)19(24)14-8-9-21-18(12-14)22-15-6-7-17(25-3)16(20)13-15/h6-9,12-13H,4-5,10-11H2,1-3H3,(H,21,22). The molecule has 0 aliphatic carbocycles. The lowest BCUT2D eigenvalue weighted by atomic mass is 10.2. The maximum Gasteiger partial charge on any atom is 0.254 e. The number of halogens is 1. The summed E-state index contributed by atoms with van der Waals surface area (Å²) in [4.78, 5) is 18.9. The zero-order valence-electron chi connectivity index (χ0n) is 14.9. The Bertz CT molecular complexity index is 716. The van der Waals surface area contributed by atoms with E-state index in [4.69, 9.17) is 16.3 Å². The summed E-state index contributed by atoms with van der Waals surface area (Å²) in [6.45, 7) is 5.66. The molecule has 0 spiro atoms. The highest BCUT2D eigenvalue weighted by molar-refractivity contribution is 6.32. The molecule has 1 aromatic heterocycles. The SMILES string of the molecule is CCCN(CCC)C(=O)c1ccnc(Nc2ccc(OC)c(Cl)c2)c1. The maximum atomic E-state index is 12.7. The van der Waals surface area contributed by atoms with Gasteiger partial charge >= 0.3 is 0 Å². The Kier molecular flexibility index (Phi) is 7.07. The van der Waals surface area contributed by atoms with E-state index in [1.165, 1.54) is 0 Å². The summed E-state index contributed by atoms with van der Waals surface area (Å²) in [5.74, 6) is 1.24. The number of pyridine rings is 1. The van der Waals surface area contributed by atoms with E-state index in [0.29, 0.717) is 22.2 Å². The zero-order chi connectivity index (χ0) is 18.2. The fourth-order valence-corrected chi connectivity index (χ4v) is 2.82. The summed E-state index contributed by atoms with van der Waals surface area (Å²) >= 11 is 6.14. The lowest BCUT2D eigenvalue weighted by Gasteiger charge is -2.21. The third-order valence-corrected chi connectivity index (χ3v) is 4.00. The number of carbonyl (C=O) groups excluding carboxylic acids is 1. The third-order valence-electron chi connectivity index (χ3n) is 3.71. The van der Waals surface area contributed by atoms with Crippen molar-refractivity contribution in [1.82, 2.24) is 9.88 Å². The third kappa shape index (κ3) is 5.10. The monoisotopic (exact) mass is 361 g/mol. The molecule has 0 atom stereocenters. The first-order valence-electron chi connectivity index (χ1n) is 8.44. The van der Waals surface area contributed by atoms with Gasteiger partial charge in [-0.2, -0.15) is 0 Å². The van der Waals surface area contributed by atoms with Crippen molar-refractivity contribution < 1.29 is 9.53 Å². The van der Waals surface area contributed by atoms with Crippen molar-refractivity contribution in [3.8, 4) is 5.75 Å². The Labute approximate surface area is 154 Å². The first-order valence-corrected chi connectivity index (χ1v) is 8.82. The van der Waals surface area contributed by atoms with Crippen molar-refractivity contribution in [2.45, 2.75) is 26.7 Å². The molecule has 0 aliphatic heterocycles. The van der Waals surface area contributed by atoms with Gasteiger partial charge < -0.3 is 15.0 Å². The molecule has 0 radical (unpaired) electrons. The number of carbonyl (C=O) groups is 1. The predicted molar refractivity (Wildman–Crippen MR) is 102 cm³/mol. The van der Waals surface area contributed by atoms with Crippen LogP contribution < -0.4 is 10.1 Å². The quantitative estimate of drug-likeness (QED) is 0.737. The van der Waals surface area contributed by atoms with Crippen LogP contribution in [0.2, 0.25) is 5.02 Å². The molecule has 25 heavy (non-hydrogen) atoms. The first kappa shape index (κ1) is 19.1. The van der Waals surface area contributed by atoms with E-state index in [-0.39, 0.29) is 5.91 Å². The number of methoxy groups -OCH3 is 1. The summed E-state index contributed by atoms with van der Waals surface area (Å²) in [6.07, 6.45) is 3.51. The number of aromatic nitrogens is 1. The fraction of sp³-hybridized carbons (Fsp3) is 0.368. The van der Waals surface area contributed by atoms with Crippen LogP contribution in [-0.2, 0) is 0 Å². The minimum Gasteiger partial charge on any atom is -0.495 e. The molecular formula is C19H24ClN3O2. The van der Waals surface area contributed by atoms with Crippen molar-refractivity contribution in [2.24, 2.45) is 0 Å². The molecule has 1 aromatic carbocycles. The van der Waals surface area contributed by atoms with Gasteiger partial charge in [-0.25, -0.2) is 4.98 Å². The van der Waals surface area contributed by atoms with Crippen LogP contribution in [0.5, 0.6) is 5.75 Å². The van der Waals surface area contributed by atoms with Gasteiger partial charge in [-0.05, 0) is 43.2 Å². The Morgan fingerprint density at radius 3 is 2.52 bits per heavy atom. The molecule has 1 amide bonds. The number of hydrogen-bond donors (Lipinski definition) is 1. The van der Waals surface area contributed by atoms with Crippen LogP contribution in [0.1, 0.15) is 37.0 Å². The van der Waals surface area contributed by atoms with Crippen molar-refractivity contribution in [1.29, 1.82) is 0 Å². The average Bonchev–Trinajstić information content (AvgIpc) is 2.61. The van der Waals surface area contributed by atoms with E-state index in [0.717, 1.165) is 31.6 Å². The van der Waals surface area contributed by atoms with Crippen LogP contribution in [0.15, 0.2) is 36.5 Å². The van der Waals surface area contributed by atoms with E-state index >= 15 is 0 Å². The minimum absolute atomic E-state index is 0.0295. The largest absolute Gasteiger partial charge is 0.495 e. The number of benzene rings is 1. The molecule has 0 fully saturated rings. The highest BCUT2D eigenvalue weighted by Gasteiger charge is 2.15. The highest BCUT2D eigenvalue weighted by atomic mass is 35.5. The second-order valence-electron chi connectivity index (χ2n) is 5.70.